The number of carbonyl (C=O) groups is 1. The van der Waals surface area contributed by atoms with Gasteiger partial charge in [0.1, 0.15) is 5.69 Å². The maximum absolute atomic E-state index is 12.9. The van der Waals surface area contributed by atoms with Crippen LogP contribution in [0.1, 0.15) is 74.0 Å². The Bertz CT molecular complexity index is 766. The molecule has 2 rings (SSSR count). The van der Waals surface area contributed by atoms with Gasteiger partial charge in [-0.2, -0.15) is 0 Å². The summed E-state index contributed by atoms with van der Waals surface area (Å²) in [5.41, 5.74) is 0.996. The average molecular weight is 458 g/mol. The van der Waals surface area contributed by atoms with Crippen LogP contribution in [0.2, 0.25) is 18.1 Å². The lowest BCUT2D eigenvalue weighted by Crippen LogP contribution is -2.42. The molecule has 7 heteroatoms. The van der Waals surface area contributed by atoms with E-state index in [1.54, 1.807) is 6.07 Å². The van der Waals surface area contributed by atoms with Crippen LogP contribution in [0.25, 0.3) is 0 Å². The van der Waals surface area contributed by atoms with Crippen molar-refractivity contribution in [2.45, 2.75) is 76.0 Å². The average Bonchev–Trinajstić information content (AvgIpc) is 2.86. The third kappa shape index (κ3) is 4.40. The minimum absolute atomic E-state index is 0.00352. The van der Waals surface area contributed by atoms with Crippen LogP contribution >= 0.6 is 15.9 Å². The molecule has 2 atom stereocenters. The minimum Gasteiger partial charge on any atom is -0.491 e. The van der Waals surface area contributed by atoms with Gasteiger partial charge in [0.25, 0.3) is 0 Å². The number of alkyl halides is 1. The van der Waals surface area contributed by atoms with E-state index in [0.717, 1.165) is 18.5 Å². The Labute approximate surface area is 171 Å². The topological polar surface area (TPSA) is 57.5 Å². The monoisotopic (exact) mass is 457 g/mol. The molecule has 1 unspecified atom stereocenters. The zero-order valence-corrected chi connectivity index (χ0v) is 20.1. The second-order valence-corrected chi connectivity index (χ2v) is 14.7. The molecule has 1 aliphatic rings. The van der Waals surface area contributed by atoms with Crippen molar-refractivity contribution in [2.24, 2.45) is 0 Å². The minimum atomic E-state index is -1.91. The maximum atomic E-state index is 12.9. The summed E-state index contributed by atoms with van der Waals surface area (Å²) in [5, 5.41) is 0.115. The fraction of sp³-hybridized carbons (Fsp3) is 0.700. The number of fused-ring (bicyclic) bond motifs is 1. The Morgan fingerprint density at radius 1 is 1.37 bits per heavy atom. The summed E-state index contributed by atoms with van der Waals surface area (Å²) in [6, 6.07) is 1.59. The molecule has 0 fully saturated rings. The lowest BCUT2D eigenvalue weighted by atomic mass is 10.1. The van der Waals surface area contributed by atoms with Crippen molar-refractivity contribution in [3.8, 4) is 5.75 Å². The van der Waals surface area contributed by atoms with Crippen LogP contribution < -0.4 is 10.2 Å². The molecule has 0 spiro atoms. The lowest BCUT2D eigenvalue weighted by molar-refractivity contribution is 0.0963. The summed E-state index contributed by atoms with van der Waals surface area (Å²) in [4.78, 5) is 25.4. The summed E-state index contributed by atoms with van der Waals surface area (Å²) < 4.78 is 13.8. The van der Waals surface area contributed by atoms with Crippen molar-refractivity contribution in [1.29, 1.82) is 0 Å². The Hall–Kier alpha value is -0.923. The third-order valence-corrected chi connectivity index (χ3v) is 11.1. The number of carbonyl (C=O) groups excluding carboxylic acids is 1. The predicted octanol–water partition coefficient (Wildman–Crippen LogP) is 5.24. The number of hydrogen-bond donors (Lipinski definition) is 0. The van der Waals surface area contributed by atoms with E-state index in [2.05, 4.69) is 49.8 Å². The molecule has 27 heavy (non-hydrogen) atoms. The smallest absolute Gasteiger partial charge is 0.224 e. The second kappa shape index (κ2) is 8.21. The van der Waals surface area contributed by atoms with Crippen LogP contribution in [0.3, 0.4) is 0 Å². The number of ether oxygens (including phenoxy) is 1. The van der Waals surface area contributed by atoms with Gasteiger partial charge in [-0.05, 0) is 31.0 Å². The van der Waals surface area contributed by atoms with Crippen LogP contribution in [0.15, 0.2) is 10.9 Å². The molecular weight excluding hydrogens is 426 g/mol. The zero-order valence-electron chi connectivity index (χ0n) is 17.5. The third-order valence-electron chi connectivity index (χ3n) is 5.79. The highest BCUT2D eigenvalue weighted by molar-refractivity contribution is 9.09. The second-order valence-electron chi connectivity index (χ2n) is 8.79. The van der Waals surface area contributed by atoms with Gasteiger partial charge in [0, 0.05) is 18.2 Å². The molecule has 0 amide bonds. The molecule has 2 heterocycles. The molecule has 0 aromatic carbocycles. The Balaban J connectivity index is 2.49. The molecule has 0 saturated carbocycles. The number of aromatic nitrogens is 1. The van der Waals surface area contributed by atoms with Gasteiger partial charge < -0.3 is 13.7 Å². The normalized spacial score (nSPS) is 19.9. The highest BCUT2D eigenvalue weighted by Gasteiger charge is 2.40. The van der Waals surface area contributed by atoms with Crippen molar-refractivity contribution < 1.29 is 14.0 Å². The quantitative estimate of drug-likeness (QED) is 0.319. The zero-order chi connectivity index (χ0) is 20.6. The predicted molar refractivity (Wildman–Crippen MR) is 115 cm³/mol. The van der Waals surface area contributed by atoms with Crippen molar-refractivity contribution in [2.75, 3.05) is 13.7 Å². The first-order chi connectivity index (χ1) is 12.4. The molecule has 5 nitrogen and oxygen atoms in total. The first kappa shape index (κ1) is 22.4. The number of Topliss-reactive ketones (excluding diaryl/α,β-unsaturated/α-hetero) is 1. The summed E-state index contributed by atoms with van der Waals surface area (Å²) in [5.74, 6) is 0.100. The molecule has 0 N–H and O–H groups in total. The van der Waals surface area contributed by atoms with E-state index in [9.17, 15) is 9.59 Å². The van der Waals surface area contributed by atoms with Crippen LogP contribution in [-0.4, -0.2) is 32.4 Å². The van der Waals surface area contributed by atoms with Gasteiger partial charge in [-0.25, -0.2) is 0 Å². The van der Waals surface area contributed by atoms with E-state index in [4.69, 9.17) is 9.16 Å². The first-order valence-electron chi connectivity index (χ1n) is 9.59. The van der Waals surface area contributed by atoms with E-state index in [1.165, 1.54) is 7.11 Å². The van der Waals surface area contributed by atoms with E-state index < -0.39 is 8.32 Å². The summed E-state index contributed by atoms with van der Waals surface area (Å²) in [6.45, 7) is 13.6. The Morgan fingerprint density at radius 2 is 2.00 bits per heavy atom. The van der Waals surface area contributed by atoms with E-state index in [1.807, 2.05) is 11.5 Å². The summed E-state index contributed by atoms with van der Waals surface area (Å²) in [7, 11) is -0.462. The van der Waals surface area contributed by atoms with Crippen LogP contribution in [0.5, 0.6) is 5.75 Å². The van der Waals surface area contributed by atoms with Crippen molar-refractivity contribution >= 4 is 30.0 Å². The molecule has 1 aromatic heterocycles. The number of nitrogens with zero attached hydrogens (tertiary/aromatic N) is 1. The highest BCUT2D eigenvalue weighted by atomic mass is 79.9. The molecule has 1 aliphatic heterocycles. The molecule has 152 valence electrons. The number of ketones is 1. The Kier molecular flexibility index (Phi) is 6.80. The number of pyridine rings is 1. The standard InChI is InChI=1S/C20H32BrNO4Si/c1-8-9-16(23)18-19(25-5)17(24)11-15-14(21)10-13(22(15)18)12-26-27(6,7)20(2,3)4/h11,13-14H,8-10,12H2,1-7H3/t13-,14?/m0/s1. The molecule has 0 aliphatic carbocycles. The summed E-state index contributed by atoms with van der Waals surface area (Å²) in [6.07, 6.45) is 1.90. The Morgan fingerprint density at radius 3 is 2.52 bits per heavy atom. The molecule has 0 saturated heterocycles. The number of hydrogen-bond acceptors (Lipinski definition) is 4. The largest absolute Gasteiger partial charge is 0.491 e. The fourth-order valence-electron chi connectivity index (χ4n) is 3.19. The van der Waals surface area contributed by atoms with Gasteiger partial charge >= 0.3 is 0 Å². The van der Waals surface area contributed by atoms with E-state index >= 15 is 0 Å². The summed E-state index contributed by atoms with van der Waals surface area (Å²) >= 11 is 3.68. The maximum Gasteiger partial charge on any atom is 0.224 e. The van der Waals surface area contributed by atoms with Gasteiger partial charge in [0.05, 0.1) is 24.6 Å². The van der Waals surface area contributed by atoms with Gasteiger partial charge in [0.15, 0.2) is 19.9 Å². The number of halogens is 1. The molecule has 1 aromatic rings. The highest BCUT2D eigenvalue weighted by Crippen LogP contribution is 2.44. The van der Waals surface area contributed by atoms with Crippen molar-refractivity contribution in [1.82, 2.24) is 4.57 Å². The fourth-order valence-corrected chi connectivity index (χ4v) is 5.02. The number of methoxy groups -OCH3 is 1. The van der Waals surface area contributed by atoms with Crippen molar-refractivity contribution in [3.63, 3.8) is 0 Å². The van der Waals surface area contributed by atoms with Crippen LogP contribution in [-0.2, 0) is 4.43 Å². The first-order valence-corrected chi connectivity index (χ1v) is 13.4. The van der Waals surface area contributed by atoms with Crippen molar-refractivity contribution in [3.05, 3.63) is 27.7 Å². The number of rotatable bonds is 7. The SMILES string of the molecule is CCCC(=O)c1c(OC)c(=O)cc2n1[C@H](CO[Si](C)(C)C(C)(C)C)CC2Br. The van der Waals surface area contributed by atoms with Gasteiger partial charge in [-0.1, -0.05) is 43.6 Å². The molecule has 0 bridgehead atoms. The van der Waals surface area contributed by atoms with E-state index in [-0.39, 0.29) is 32.9 Å². The van der Waals surface area contributed by atoms with Crippen LogP contribution in [0, 0.1) is 0 Å². The van der Waals surface area contributed by atoms with Gasteiger partial charge in [-0.3, -0.25) is 9.59 Å². The van der Waals surface area contributed by atoms with Crippen LogP contribution in [0.4, 0.5) is 0 Å². The molecule has 0 radical (unpaired) electrons. The van der Waals surface area contributed by atoms with E-state index in [0.29, 0.717) is 18.7 Å². The lowest BCUT2D eigenvalue weighted by Gasteiger charge is -2.37. The van der Waals surface area contributed by atoms with Gasteiger partial charge in [0.2, 0.25) is 5.43 Å². The van der Waals surface area contributed by atoms with Gasteiger partial charge in [-0.15, -0.1) is 0 Å². The molecular formula is C20H32BrNO4Si.